The molecule has 4 nitrogen and oxygen atoms in total. The molecular weight excluding hydrogens is 307 g/mol. The van der Waals surface area contributed by atoms with E-state index < -0.39 is 0 Å². The van der Waals surface area contributed by atoms with Gasteiger partial charge in [0.25, 0.3) is 0 Å². The summed E-state index contributed by atoms with van der Waals surface area (Å²) in [4.78, 5) is 7.93. The number of aromatic hydroxyl groups is 1. The van der Waals surface area contributed by atoms with Gasteiger partial charge in [-0.2, -0.15) is 0 Å². The summed E-state index contributed by atoms with van der Waals surface area (Å²) < 4.78 is 6.22. The monoisotopic (exact) mass is 314 g/mol. The van der Waals surface area contributed by atoms with Crippen LogP contribution in [0.5, 0.6) is 17.5 Å². The molecule has 5 heteroatoms. The molecule has 1 aromatic heterocycles. The van der Waals surface area contributed by atoms with Gasteiger partial charge in [-0.1, -0.05) is 12.1 Å². The summed E-state index contributed by atoms with van der Waals surface area (Å²) in [6.45, 7) is 0. The molecule has 0 fully saturated rings. The highest BCUT2D eigenvalue weighted by Crippen LogP contribution is 2.27. The first-order valence-corrected chi connectivity index (χ1v) is 5.27. The number of rotatable bonds is 2. The predicted octanol–water partition coefficient (Wildman–Crippen LogP) is 2.58. The highest BCUT2D eigenvalue weighted by molar-refractivity contribution is 14.1. The maximum absolute atomic E-state index is 9.44. The lowest BCUT2D eigenvalue weighted by molar-refractivity contribution is 0.392. The number of phenols is 1. The number of ether oxygens (including phenoxy) is 1. The topological polar surface area (TPSA) is 55.2 Å². The second-order valence-corrected chi connectivity index (χ2v) is 4.00. The Morgan fingerprint density at radius 1 is 1.13 bits per heavy atom. The van der Waals surface area contributed by atoms with Crippen LogP contribution in [0.1, 0.15) is 0 Å². The summed E-state index contributed by atoms with van der Waals surface area (Å²) in [6, 6.07) is 6.90. The molecule has 2 aromatic rings. The van der Waals surface area contributed by atoms with Crippen LogP contribution in [0, 0.1) is 3.57 Å². The summed E-state index contributed by atoms with van der Waals surface area (Å²) in [5.74, 6) is 0.415. The SMILES string of the molecule is Oc1ccccc1Oc1ncc(I)cn1. The average molecular weight is 314 g/mol. The van der Waals surface area contributed by atoms with Crippen LogP contribution in [0.4, 0.5) is 0 Å². The number of phenolic OH excluding ortho intramolecular Hbond substituents is 1. The van der Waals surface area contributed by atoms with Gasteiger partial charge in [-0.3, -0.25) is 0 Å². The Morgan fingerprint density at radius 3 is 2.47 bits per heavy atom. The van der Waals surface area contributed by atoms with Gasteiger partial charge in [-0.05, 0) is 34.7 Å². The van der Waals surface area contributed by atoms with Crippen molar-refractivity contribution in [2.75, 3.05) is 0 Å². The lowest BCUT2D eigenvalue weighted by atomic mass is 10.3. The fourth-order valence-corrected chi connectivity index (χ4v) is 1.27. The molecule has 15 heavy (non-hydrogen) atoms. The van der Waals surface area contributed by atoms with Crippen LogP contribution in [0.15, 0.2) is 36.7 Å². The highest BCUT2D eigenvalue weighted by Gasteiger charge is 2.03. The van der Waals surface area contributed by atoms with Crippen LogP contribution in [0.25, 0.3) is 0 Å². The molecule has 0 unspecified atom stereocenters. The molecule has 2 rings (SSSR count). The standard InChI is InChI=1S/C10H7IN2O2/c11-7-5-12-10(13-6-7)15-9-4-2-1-3-8(9)14/h1-6,14H. The normalized spacial score (nSPS) is 9.93. The van der Waals surface area contributed by atoms with E-state index in [1.807, 2.05) is 0 Å². The number of hydrogen-bond acceptors (Lipinski definition) is 4. The van der Waals surface area contributed by atoms with E-state index in [1.165, 1.54) is 0 Å². The third kappa shape index (κ3) is 2.56. The first-order chi connectivity index (χ1) is 7.25. The third-order valence-electron chi connectivity index (χ3n) is 1.66. The van der Waals surface area contributed by atoms with E-state index in [0.717, 1.165) is 3.57 Å². The summed E-state index contributed by atoms with van der Waals surface area (Å²) in [6.07, 6.45) is 3.28. The summed E-state index contributed by atoms with van der Waals surface area (Å²) in [5.41, 5.74) is 0. The smallest absolute Gasteiger partial charge is 0.322 e. The first-order valence-electron chi connectivity index (χ1n) is 4.19. The number of nitrogens with zero attached hydrogens (tertiary/aromatic N) is 2. The molecule has 0 amide bonds. The van der Waals surface area contributed by atoms with Gasteiger partial charge in [0.1, 0.15) is 0 Å². The van der Waals surface area contributed by atoms with Crippen LogP contribution < -0.4 is 4.74 Å². The van der Waals surface area contributed by atoms with Crippen LogP contribution in [-0.4, -0.2) is 15.1 Å². The zero-order valence-electron chi connectivity index (χ0n) is 7.59. The van der Waals surface area contributed by atoms with E-state index in [0.29, 0.717) is 5.75 Å². The van der Waals surface area contributed by atoms with Gasteiger partial charge in [0.05, 0.1) is 0 Å². The van der Waals surface area contributed by atoms with Gasteiger partial charge in [-0.25, -0.2) is 9.97 Å². The molecule has 0 saturated heterocycles. The van der Waals surface area contributed by atoms with Crippen LogP contribution in [0.2, 0.25) is 0 Å². The molecule has 0 aliphatic heterocycles. The number of para-hydroxylation sites is 2. The van der Waals surface area contributed by atoms with Crippen molar-refractivity contribution in [3.8, 4) is 17.5 Å². The van der Waals surface area contributed by atoms with E-state index in [1.54, 1.807) is 36.7 Å². The van der Waals surface area contributed by atoms with Gasteiger partial charge >= 0.3 is 6.01 Å². The second kappa shape index (κ2) is 4.43. The molecule has 0 aliphatic rings. The van der Waals surface area contributed by atoms with Crippen LogP contribution in [-0.2, 0) is 0 Å². The zero-order chi connectivity index (χ0) is 10.7. The molecule has 0 radical (unpaired) electrons. The molecule has 76 valence electrons. The Balaban J connectivity index is 2.22. The fraction of sp³-hybridized carbons (Fsp3) is 0. The molecule has 0 atom stereocenters. The summed E-state index contributed by atoms with van der Waals surface area (Å²) >= 11 is 2.10. The van der Waals surface area contributed by atoms with Crippen molar-refractivity contribution in [3.63, 3.8) is 0 Å². The minimum atomic E-state index is 0.0691. The quantitative estimate of drug-likeness (QED) is 0.866. The molecule has 0 spiro atoms. The Hall–Kier alpha value is -1.37. The van der Waals surface area contributed by atoms with Gasteiger partial charge in [0.15, 0.2) is 11.5 Å². The first kappa shape index (κ1) is 10.2. The van der Waals surface area contributed by atoms with Gasteiger partial charge in [0, 0.05) is 16.0 Å². The van der Waals surface area contributed by atoms with E-state index in [-0.39, 0.29) is 11.8 Å². The van der Waals surface area contributed by atoms with Crippen molar-refractivity contribution < 1.29 is 9.84 Å². The molecule has 0 bridgehead atoms. The Morgan fingerprint density at radius 2 is 1.80 bits per heavy atom. The van der Waals surface area contributed by atoms with Crippen molar-refractivity contribution in [1.29, 1.82) is 0 Å². The van der Waals surface area contributed by atoms with Gasteiger partial charge in [0.2, 0.25) is 0 Å². The van der Waals surface area contributed by atoms with Crippen LogP contribution >= 0.6 is 22.6 Å². The Labute approximate surface area is 100 Å². The van der Waals surface area contributed by atoms with Gasteiger partial charge in [-0.15, -0.1) is 0 Å². The maximum atomic E-state index is 9.44. The lowest BCUT2D eigenvalue weighted by Gasteiger charge is -2.04. The molecular formula is C10H7IN2O2. The Kier molecular flexibility index (Phi) is 3.00. The van der Waals surface area contributed by atoms with Crippen molar-refractivity contribution in [1.82, 2.24) is 9.97 Å². The number of benzene rings is 1. The highest BCUT2D eigenvalue weighted by atomic mass is 127. The minimum Gasteiger partial charge on any atom is -0.504 e. The summed E-state index contributed by atoms with van der Waals surface area (Å²) in [7, 11) is 0. The number of aromatic nitrogens is 2. The Bertz CT molecular complexity index is 459. The van der Waals surface area contributed by atoms with E-state index in [9.17, 15) is 5.11 Å². The largest absolute Gasteiger partial charge is 0.504 e. The van der Waals surface area contributed by atoms with E-state index in [4.69, 9.17) is 4.74 Å². The molecule has 1 aromatic carbocycles. The van der Waals surface area contributed by atoms with Gasteiger partial charge < -0.3 is 9.84 Å². The minimum absolute atomic E-state index is 0.0691. The van der Waals surface area contributed by atoms with E-state index in [2.05, 4.69) is 32.6 Å². The van der Waals surface area contributed by atoms with Crippen molar-refractivity contribution in [3.05, 3.63) is 40.2 Å². The van der Waals surface area contributed by atoms with E-state index >= 15 is 0 Å². The van der Waals surface area contributed by atoms with Crippen molar-refractivity contribution in [2.24, 2.45) is 0 Å². The van der Waals surface area contributed by atoms with Crippen molar-refractivity contribution >= 4 is 22.6 Å². The number of halogens is 1. The zero-order valence-corrected chi connectivity index (χ0v) is 9.75. The van der Waals surface area contributed by atoms with Crippen LogP contribution in [0.3, 0.4) is 0 Å². The molecule has 1 N–H and O–H groups in total. The molecule has 0 aliphatic carbocycles. The summed E-state index contributed by atoms with van der Waals surface area (Å²) in [5, 5.41) is 9.44. The third-order valence-corrected chi connectivity index (χ3v) is 2.22. The van der Waals surface area contributed by atoms with Crippen molar-refractivity contribution in [2.45, 2.75) is 0 Å². The average Bonchev–Trinajstić information content (AvgIpc) is 2.25. The lowest BCUT2D eigenvalue weighted by Crippen LogP contribution is -1.91. The fourth-order valence-electron chi connectivity index (χ4n) is 0.995. The predicted molar refractivity (Wildman–Crippen MR) is 62.9 cm³/mol. The maximum Gasteiger partial charge on any atom is 0.322 e. The number of hydrogen-bond donors (Lipinski definition) is 1. The molecule has 1 heterocycles. The molecule has 0 saturated carbocycles. The second-order valence-electron chi connectivity index (χ2n) is 2.75.